The van der Waals surface area contributed by atoms with Crippen molar-refractivity contribution in [3.8, 4) is 5.75 Å². The first kappa shape index (κ1) is 15.0. The molecule has 0 heterocycles. The Kier molecular flexibility index (Phi) is 5.18. The summed E-state index contributed by atoms with van der Waals surface area (Å²) in [6.45, 7) is 0.0485. The molecule has 9 heteroatoms. The van der Waals surface area contributed by atoms with Crippen molar-refractivity contribution < 1.29 is 18.1 Å². The van der Waals surface area contributed by atoms with E-state index in [-0.39, 0.29) is 35.2 Å². The van der Waals surface area contributed by atoms with Crippen LogP contribution in [0.15, 0.2) is 18.2 Å². The van der Waals surface area contributed by atoms with E-state index in [2.05, 4.69) is 0 Å². The molecular weight excluding hydrogens is 305 g/mol. The number of rotatable bonds is 6. The number of non-ortho nitro benzene ring substituents is 1. The lowest BCUT2D eigenvalue weighted by atomic mass is 10.3. The fourth-order valence-corrected chi connectivity index (χ4v) is 2.09. The molecule has 0 aliphatic carbocycles. The van der Waals surface area contributed by atoms with Crippen LogP contribution in [0.5, 0.6) is 5.75 Å². The zero-order valence-corrected chi connectivity index (χ0v) is 11.3. The highest BCUT2D eigenvalue weighted by molar-refractivity contribution is 8.13. The minimum absolute atomic E-state index is 0.0485. The predicted molar refractivity (Wildman–Crippen MR) is 67.9 cm³/mol. The molecule has 0 spiro atoms. The maximum atomic E-state index is 10.6. The zero-order valence-electron chi connectivity index (χ0n) is 9.01. The number of hydrogen-bond donors (Lipinski definition) is 0. The number of hydrogen-bond acceptors (Lipinski definition) is 5. The Morgan fingerprint density at radius 1 is 1.39 bits per heavy atom. The van der Waals surface area contributed by atoms with Crippen molar-refractivity contribution in [1.82, 2.24) is 0 Å². The fraction of sp³-hybridized carbons (Fsp3) is 0.333. The molecule has 0 aliphatic heterocycles. The van der Waals surface area contributed by atoms with Crippen LogP contribution in [0.1, 0.15) is 6.42 Å². The number of nitro benzene ring substituents is 1. The van der Waals surface area contributed by atoms with Gasteiger partial charge in [0.1, 0.15) is 5.75 Å². The van der Waals surface area contributed by atoms with E-state index >= 15 is 0 Å². The van der Waals surface area contributed by atoms with Gasteiger partial charge in [0, 0.05) is 16.7 Å². The molecule has 6 nitrogen and oxygen atoms in total. The van der Waals surface area contributed by atoms with E-state index in [0.29, 0.717) is 0 Å². The van der Waals surface area contributed by atoms with E-state index in [1.54, 1.807) is 0 Å². The average molecular weight is 314 g/mol. The molecule has 1 aromatic carbocycles. The van der Waals surface area contributed by atoms with Crippen LogP contribution in [0.2, 0.25) is 5.02 Å². The zero-order chi connectivity index (χ0) is 13.8. The maximum Gasteiger partial charge on any atom is 0.273 e. The lowest BCUT2D eigenvalue weighted by molar-refractivity contribution is -0.384. The SMILES string of the molecule is O=[N+]([O-])c1ccc(Cl)c(OCCCS(=O)(=O)Cl)c1. The van der Waals surface area contributed by atoms with Crippen LogP contribution in [0.4, 0.5) is 5.69 Å². The molecule has 0 atom stereocenters. The maximum absolute atomic E-state index is 10.6. The summed E-state index contributed by atoms with van der Waals surface area (Å²) < 4.78 is 26.5. The molecule has 0 amide bonds. The van der Waals surface area contributed by atoms with Gasteiger partial charge in [0.2, 0.25) is 9.05 Å². The molecule has 18 heavy (non-hydrogen) atoms. The van der Waals surface area contributed by atoms with Crippen LogP contribution in [0, 0.1) is 10.1 Å². The smallest absolute Gasteiger partial charge is 0.273 e. The predicted octanol–water partition coefficient (Wildman–Crippen LogP) is 2.59. The summed E-state index contributed by atoms with van der Waals surface area (Å²) in [4.78, 5) is 9.96. The van der Waals surface area contributed by atoms with Crippen molar-refractivity contribution >= 4 is 37.0 Å². The molecule has 0 aliphatic rings. The van der Waals surface area contributed by atoms with Gasteiger partial charge in [-0.3, -0.25) is 10.1 Å². The Morgan fingerprint density at radius 3 is 2.61 bits per heavy atom. The van der Waals surface area contributed by atoms with Crippen molar-refractivity contribution in [2.75, 3.05) is 12.4 Å². The molecule has 0 saturated heterocycles. The molecular formula is C9H9Cl2NO5S. The van der Waals surface area contributed by atoms with Gasteiger partial charge < -0.3 is 4.74 Å². The third kappa shape index (κ3) is 5.07. The van der Waals surface area contributed by atoms with Crippen LogP contribution in [-0.2, 0) is 9.05 Å². The molecule has 0 aromatic heterocycles. The second-order valence-electron chi connectivity index (χ2n) is 3.32. The first-order chi connectivity index (χ1) is 8.29. The largest absolute Gasteiger partial charge is 0.492 e. The van der Waals surface area contributed by atoms with E-state index in [1.807, 2.05) is 0 Å². The summed E-state index contributed by atoms with van der Waals surface area (Å²) in [5, 5.41) is 10.8. The van der Waals surface area contributed by atoms with Gasteiger partial charge in [0.05, 0.1) is 28.4 Å². The van der Waals surface area contributed by atoms with E-state index in [4.69, 9.17) is 27.0 Å². The van der Waals surface area contributed by atoms with Crippen molar-refractivity contribution in [3.63, 3.8) is 0 Å². The minimum Gasteiger partial charge on any atom is -0.492 e. The first-order valence-electron chi connectivity index (χ1n) is 4.78. The first-order valence-corrected chi connectivity index (χ1v) is 7.64. The van der Waals surface area contributed by atoms with E-state index < -0.39 is 14.0 Å². The molecule has 0 N–H and O–H groups in total. The van der Waals surface area contributed by atoms with Crippen LogP contribution >= 0.6 is 22.3 Å². The monoisotopic (exact) mass is 313 g/mol. The summed E-state index contributed by atoms with van der Waals surface area (Å²) in [6.07, 6.45) is 0.171. The minimum atomic E-state index is -3.56. The van der Waals surface area contributed by atoms with E-state index in [1.165, 1.54) is 18.2 Å². The molecule has 1 rings (SSSR count). The highest BCUT2D eigenvalue weighted by Gasteiger charge is 2.11. The van der Waals surface area contributed by atoms with Gasteiger partial charge in [-0.2, -0.15) is 0 Å². The lowest BCUT2D eigenvalue weighted by Gasteiger charge is -2.06. The quantitative estimate of drug-likeness (QED) is 0.348. The van der Waals surface area contributed by atoms with Crippen molar-refractivity contribution in [2.24, 2.45) is 0 Å². The number of nitrogens with zero attached hydrogens (tertiary/aromatic N) is 1. The van der Waals surface area contributed by atoms with Gasteiger partial charge >= 0.3 is 0 Å². The van der Waals surface area contributed by atoms with Gasteiger partial charge in [-0.05, 0) is 12.5 Å². The summed E-state index contributed by atoms with van der Waals surface area (Å²) in [6, 6.07) is 3.77. The third-order valence-corrected chi connectivity index (χ3v) is 3.47. The molecule has 0 fully saturated rings. The van der Waals surface area contributed by atoms with Gasteiger partial charge in [-0.15, -0.1) is 0 Å². The molecule has 0 bridgehead atoms. The Bertz CT molecular complexity index is 546. The van der Waals surface area contributed by atoms with Gasteiger partial charge in [0.15, 0.2) is 0 Å². The Hall–Kier alpha value is -1.05. The molecule has 0 saturated carbocycles. The van der Waals surface area contributed by atoms with Crippen LogP contribution < -0.4 is 4.74 Å². The van der Waals surface area contributed by atoms with E-state index in [0.717, 1.165) is 0 Å². The fourth-order valence-electron chi connectivity index (χ4n) is 1.13. The lowest BCUT2D eigenvalue weighted by Crippen LogP contribution is -2.05. The van der Waals surface area contributed by atoms with Gasteiger partial charge in [-0.25, -0.2) is 8.42 Å². The second-order valence-corrected chi connectivity index (χ2v) is 6.62. The van der Waals surface area contributed by atoms with Crippen LogP contribution in [-0.4, -0.2) is 25.7 Å². The summed E-state index contributed by atoms with van der Waals surface area (Å²) in [5.41, 5.74) is -0.153. The number of ether oxygens (including phenoxy) is 1. The number of nitro groups is 1. The molecule has 0 radical (unpaired) electrons. The van der Waals surface area contributed by atoms with Crippen molar-refractivity contribution in [2.45, 2.75) is 6.42 Å². The van der Waals surface area contributed by atoms with E-state index in [9.17, 15) is 18.5 Å². The topological polar surface area (TPSA) is 86.5 Å². The standard InChI is InChI=1S/C9H9Cl2NO5S/c10-8-3-2-7(12(13)14)6-9(8)17-4-1-5-18(11,15)16/h2-3,6H,1,4-5H2. The normalized spacial score (nSPS) is 11.2. The highest BCUT2D eigenvalue weighted by atomic mass is 35.7. The molecule has 0 unspecified atom stereocenters. The van der Waals surface area contributed by atoms with Gasteiger partial charge in [-0.1, -0.05) is 11.6 Å². The summed E-state index contributed by atoms with van der Waals surface area (Å²) >= 11 is 5.78. The Labute approximate surface area is 113 Å². The molecule has 100 valence electrons. The second kappa shape index (κ2) is 6.21. The Balaban J connectivity index is 2.61. The number of halogens is 2. The summed E-state index contributed by atoms with van der Waals surface area (Å²) in [7, 11) is 1.45. The highest BCUT2D eigenvalue weighted by Crippen LogP contribution is 2.28. The molecule has 1 aromatic rings. The summed E-state index contributed by atoms with van der Waals surface area (Å²) in [5.74, 6) is -0.0981. The van der Waals surface area contributed by atoms with Gasteiger partial charge in [0.25, 0.3) is 5.69 Å². The van der Waals surface area contributed by atoms with Crippen LogP contribution in [0.25, 0.3) is 0 Å². The van der Waals surface area contributed by atoms with Crippen molar-refractivity contribution in [3.05, 3.63) is 33.3 Å². The third-order valence-electron chi connectivity index (χ3n) is 1.92. The number of benzene rings is 1. The van der Waals surface area contributed by atoms with Crippen LogP contribution in [0.3, 0.4) is 0 Å². The average Bonchev–Trinajstić information content (AvgIpc) is 2.24. The van der Waals surface area contributed by atoms with Crippen molar-refractivity contribution in [1.29, 1.82) is 0 Å². The Morgan fingerprint density at radius 2 is 2.06 bits per heavy atom.